The van der Waals surface area contributed by atoms with Crippen molar-refractivity contribution in [1.82, 2.24) is 9.55 Å². The minimum Gasteiger partial charge on any atom is -0.386 e. The zero-order valence-electron chi connectivity index (χ0n) is 12.5. The molecule has 1 aliphatic heterocycles. The van der Waals surface area contributed by atoms with Crippen molar-refractivity contribution < 1.29 is 28.6 Å². The van der Waals surface area contributed by atoms with Crippen molar-refractivity contribution in [2.24, 2.45) is 0 Å². The summed E-state index contributed by atoms with van der Waals surface area (Å²) in [5, 5.41) is 10.3. The van der Waals surface area contributed by atoms with Crippen molar-refractivity contribution in [2.75, 3.05) is 18.9 Å². The zero-order valence-corrected chi connectivity index (χ0v) is 13.5. The average Bonchev–Trinajstić information content (AvgIpc) is 2.76. The molecule has 1 aromatic heterocycles. The summed E-state index contributed by atoms with van der Waals surface area (Å²) >= 11 is 0. The molecule has 130 valence electrons. The van der Waals surface area contributed by atoms with Gasteiger partial charge < -0.3 is 29.7 Å². The SMILES string of the molecule is CCCOC[C@H]1O[C@@H](n2ccc(N)nc2=O)[C@H](O)[C@@H]1O[PH](=O)O. The van der Waals surface area contributed by atoms with Crippen LogP contribution in [0.4, 0.5) is 5.82 Å². The van der Waals surface area contributed by atoms with E-state index in [2.05, 4.69) is 4.98 Å². The number of rotatable bonds is 7. The van der Waals surface area contributed by atoms with E-state index in [9.17, 15) is 14.5 Å². The number of nitrogen functional groups attached to an aromatic ring is 1. The first-order chi connectivity index (χ1) is 10.9. The Labute approximate surface area is 132 Å². The summed E-state index contributed by atoms with van der Waals surface area (Å²) in [7, 11) is -3.30. The molecule has 10 nitrogen and oxygen atoms in total. The quantitative estimate of drug-likeness (QED) is 0.428. The van der Waals surface area contributed by atoms with E-state index in [0.29, 0.717) is 6.61 Å². The van der Waals surface area contributed by atoms with Gasteiger partial charge in [-0.05, 0) is 12.5 Å². The lowest BCUT2D eigenvalue weighted by molar-refractivity contribution is -0.0670. The van der Waals surface area contributed by atoms with Gasteiger partial charge in [0.05, 0.1) is 6.61 Å². The summed E-state index contributed by atoms with van der Waals surface area (Å²) in [5.74, 6) is 0.0368. The van der Waals surface area contributed by atoms with Crippen LogP contribution in [0.25, 0.3) is 0 Å². The maximum atomic E-state index is 11.9. The molecule has 1 saturated heterocycles. The van der Waals surface area contributed by atoms with Crippen molar-refractivity contribution in [2.45, 2.75) is 37.9 Å². The first kappa shape index (κ1) is 18.1. The predicted octanol–water partition coefficient (Wildman–Crippen LogP) is -0.722. The highest BCUT2D eigenvalue weighted by Crippen LogP contribution is 2.35. The molecule has 0 radical (unpaired) electrons. The number of ether oxygens (including phenoxy) is 2. The Bertz CT molecular complexity index is 611. The lowest BCUT2D eigenvalue weighted by atomic mass is 10.1. The van der Waals surface area contributed by atoms with E-state index in [0.717, 1.165) is 11.0 Å². The molecule has 1 fully saturated rings. The van der Waals surface area contributed by atoms with Gasteiger partial charge in [0.1, 0.15) is 24.1 Å². The van der Waals surface area contributed by atoms with Gasteiger partial charge in [0.2, 0.25) is 0 Å². The molecule has 2 heterocycles. The van der Waals surface area contributed by atoms with Crippen LogP contribution in [0.5, 0.6) is 0 Å². The molecule has 0 aliphatic carbocycles. The van der Waals surface area contributed by atoms with E-state index >= 15 is 0 Å². The van der Waals surface area contributed by atoms with Crippen LogP contribution in [0.1, 0.15) is 19.6 Å². The van der Waals surface area contributed by atoms with Crippen LogP contribution in [-0.4, -0.2) is 51.1 Å². The smallest absolute Gasteiger partial charge is 0.351 e. The summed E-state index contributed by atoms with van der Waals surface area (Å²) in [6.45, 7) is 2.44. The maximum absolute atomic E-state index is 11.9. The Hall–Kier alpha value is -1.29. The van der Waals surface area contributed by atoms with E-state index in [1.807, 2.05) is 6.92 Å². The van der Waals surface area contributed by atoms with Crippen LogP contribution in [0.2, 0.25) is 0 Å². The number of nitrogens with zero attached hydrogens (tertiary/aromatic N) is 2. The van der Waals surface area contributed by atoms with Crippen LogP contribution < -0.4 is 11.4 Å². The van der Waals surface area contributed by atoms with Crippen molar-refractivity contribution in [3.05, 3.63) is 22.7 Å². The first-order valence-electron chi connectivity index (χ1n) is 7.09. The number of nitrogens with two attached hydrogens (primary N) is 1. The van der Waals surface area contributed by atoms with Gasteiger partial charge in [-0.25, -0.2) is 4.79 Å². The second kappa shape index (κ2) is 8.00. The zero-order chi connectivity index (χ0) is 17.0. The Morgan fingerprint density at radius 2 is 2.30 bits per heavy atom. The normalized spacial score (nSPS) is 28.8. The molecule has 4 N–H and O–H groups in total. The molecule has 0 bridgehead atoms. The van der Waals surface area contributed by atoms with Crippen molar-refractivity contribution in [1.29, 1.82) is 0 Å². The van der Waals surface area contributed by atoms with E-state index in [1.165, 1.54) is 12.3 Å². The second-order valence-electron chi connectivity index (χ2n) is 5.02. The van der Waals surface area contributed by atoms with Crippen LogP contribution in [-0.2, 0) is 18.6 Å². The van der Waals surface area contributed by atoms with Crippen LogP contribution in [0.3, 0.4) is 0 Å². The molecule has 0 amide bonds. The predicted molar refractivity (Wildman–Crippen MR) is 80.0 cm³/mol. The number of aliphatic hydroxyl groups is 1. The Morgan fingerprint density at radius 3 is 2.91 bits per heavy atom. The molecule has 0 aromatic carbocycles. The van der Waals surface area contributed by atoms with Crippen molar-refractivity contribution >= 4 is 14.1 Å². The highest BCUT2D eigenvalue weighted by atomic mass is 31.1. The molecule has 1 aliphatic rings. The standard InChI is InChI=1S/C12H20N3O7P/c1-2-5-20-6-7-10(22-23(18)19)9(16)11(21-7)15-4-3-8(13)14-12(15)17/h3-4,7,9-11,16,23H,2,5-6H2,1H3,(H,18,19)(H2,13,14,17)/t7-,9-,10-,11-/m1/s1. The fraction of sp³-hybridized carbons (Fsp3) is 0.667. The molecule has 0 spiro atoms. The molecule has 5 atom stereocenters. The van der Waals surface area contributed by atoms with Crippen LogP contribution in [0, 0.1) is 0 Å². The lowest BCUT2D eigenvalue weighted by Crippen LogP contribution is -2.37. The van der Waals surface area contributed by atoms with Crippen molar-refractivity contribution in [3.63, 3.8) is 0 Å². The number of hydrogen-bond acceptors (Lipinski definition) is 8. The van der Waals surface area contributed by atoms with Gasteiger partial charge in [0, 0.05) is 12.8 Å². The van der Waals surface area contributed by atoms with Gasteiger partial charge >= 0.3 is 13.9 Å². The molecule has 23 heavy (non-hydrogen) atoms. The summed E-state index contributed by atoms with van der Waals surface area (Å²) in [4.78, 5) is 24.4. The third kappa shape index (κ3) is 4.37. The summed E-state index contributed by atoms with van der Waals surface area (Å²) in [6, 6.07) is 1.38. The first-order valence-corrected chi connectivity index (χ1v) is 8.36. The van der Waals surface area contributed by atoms with E-state index in [4.69, 9.17) is 24.6 Å². The van der Waals surface area contributed by atoms with E-state index in [-0.39, 0.29) is 12.4 Å². The van der Waals surface area contributed by atoms with E-state index in [1.54, 1.807) is 0 Å². The fourth-order valence-corrected chi connectivity index (χ4v) is 2.83. The molecular weight excluding hydrogens is 329 g/mol. The van der Waals surface area contributed by atoms with Gasteiger partial charge in [-0.15, -0.1) is 0 Å². The second-order valence-corrected chi connectivity index (χ2v) is 5.79. The number of aliphatic hydroxyl groups excluding tert-OH is 1. The van der Waals surface area contributed by atoms with Crippen LogP contribution in [0.15, 0.2) is 17.1 Å². The minimum atomic E-state index is -3.30. The highest BCUT2D eigenvalue weighted by Gasteiger charge is 2.46. The van der Waals surface area contributed by atoms with Gasteiger partial charge in [0.25, 0.3) is 0 Å². The number of aromatic nitrogens is 2. The van der Waals surface area contributed by atoms with E-state index < -0.39 is 38.5 Å². The van der Waals surface area contributed by atoms with Gasteiger partial charge in [-0.2, -0.15) is 4.98 Å². The monoisotopic (exact) mass is 349 g/mol. The molecule has 1 aromatic rings. The Morgan fingerprint density at radius 1 is 1.57 bits per heavy atom. The highest BCUT2D eigenvalue weighted by molar-refractivity contribution is 7.32. The molecule has 2 rings (SSSR count). The maximum Gasteiger partial charge on any atom is 0.351 e. The van der Waals surface area contributed by atoms with Crippen LogP contribution >= 0.6 is 8.25 Å². The summed E-state index contributed by atoms with van der Waals surface area (Å²) < 4.78 is 27.8. The Kier molecular flexibility index (Phi) is 6.28. The third-order valence-corrected chi connectivity index (χ3v) is 3.78. The molecular formula is C12H20N3O7P. The number of anilines is 1. The summed E-state index contributed by atoms with van der Waals surface area (Å²) in [6.07, 6.45) is -2.24. The topological polar surface area (TPSA) is 146 Å². The fourth-order valence-electron chi connectivity index (χ4n) is 2.31. The van der Waals surface area contributed by atoms with Gasteiger partial charge in [-0.3, -0.25) is 9.13 Å². The minimum absolute atomic E-state index is 0.0368. The Balaban J connectivity index is 2.21. The van der Waals surface area contributed by atoms with Gasteiger partial charge in [0.15, 0.2) is 6.23 Å². The molecule has 1 unspecified atom stereocenters. The van der Waals surface area contributed by atoms with Gasteiger partial charge in [-0.1, -0.05) is 6.92 Å². The molecule has 11 heteroatoms. The molecule has 0 saturated carbocycles. The number of hydrogen-bond donors (Lipinski definition) is 3. The average molecular weight is 349 g/mol. The largest absolute Gasteiger partial charge is 0.386 e. The van der Waals surface area contributed by atoms with Crippen molar-refractivity contribution in [3.8, 4) is 0 Å². The summed E-state index contributed by atoms with van der Waals surface area (Å²) in [5.41, 5.74) is 4.71. The lowest BCUT2D eigenvalue weighted by Gasteiger charge is -2.19. The third-order valence-electron chi connectivity index (χ3n) is 3.30.